The Morgan fingerprint density at radius 2 is 2.06 bits per heavy atom. The van der Waals surface area contributed by atoms with Crippen molar-refractivity contribution in [2.75, 3.05) is 25.6 Å². The largest absolute Gasteiger partial charge is 0.460 e. The molecule has 0 bridgehead atoms. The van der Waals surface area contributed by atoms with Crippen LogP contribution in [0.25, 0.3) is 0 Å². The first kappa shape index (κ1) is 14.5. The lowest BCUT2D eigenvalue weighted by Gasteiger charge is -2.08. The average molecular weight is 251 g/mol. The number of hydrogen-bond acceptors (Lipinski definition) is 4. The average Bonchev–Trinajstić information content (AvgIpc) is 2.36. The number of ether oxygens (including phenoxy) is 2. The summed E-state index contributed by atoms with van der Waals surface area (Å²) in [6.45, 7) is 5.40. The Labute approximate surface area is 108 Å². The number of esters is 1. The number of anilines is 1. The van der Waals surface area contributed by atoms with Crippen LogP contribution in [-0.2, 0) is 9.47 Å². The van der Waals surface area contributed by atoms with Gasteiger partial charge in [-0.3, -0.25) is 0 Å². The van der Waals surface area contributed by atoms with Gasteiger partial charge in [0, 0.05) is 12.3 Å². The van der Waals surface area contributed by atoms with Crippen LogP contribution in [-0.4, -0.2) is 25.8 Å². The number of hydrogen-bond donors (Lipinski definition) is 1. The first-order valence-corrected chi connectivity index (χ1v) is 6.26. The number of unbranched alkanes of at least 4 members (excludes halogenated alkanes) is 1. The number of carbonyl (C=O) groups is 1. The van der Waals surface area contributed by atoms with E-state index in [-0.39, 0.29) is 6.61 Å². The molecule has 0 radical (unpaired) electrons. The van der Waals surface area contributed by atoms with Gasteiger partial charge in [0.15, 0.2) is 0 Å². The van der Waals surface area contributed by atoms with E-state index in [1.807, 2.05) is 13.0 Å². The molecule has 0 heterocycles. The highest BCUT2D eigenvalue weighted by Crippen LogP contribution is 2.14. The van der Waals surface area contributed by atoms with Crippen molar-refractivity contribution >= 4 is 11.7 Å². The van der Waals surface area contributed by atoms with E-state index in [2.05, 4.69) is 6.92 Å². The Hall–Kier alpha value is -1.55. The van der Waals surface area contributed by atoms with Crippen LogP contribution in [0, 0.1) is 6.92 Å². The molecule has 100 valence electrons. The van der Waals surface area contributed by atoms with Gasteiger partial charge in [-0.25, -0.2) is 4.79 Å². The molecule has 0 saturated heterocycles. The van der Waals surface area contributed by atoms with Crippen LogP contribution in [0.4, 0.5) is 5.69 Å². The monoisotopic (exact) mass is 251 g/mol. The molecular formula is C14H21NO3. The summed E-state index contributed by atoms with van der Waals surface area (Å²) in [5, 5.41) is 0. The van der Waals surface area contributed by atoms with Gasteiger partial charge in [0.1, 0.15) is 6.61 Å². The Bertz CT molecular complexity index is 391. The molecule has 4 heteroatoms. The van der Waals surface area contributed by atoms with Gasteiger partial charge >= 0.3 is 5.97 Å². The predicted octanol–water partition coefficient (Wildman–Crippen LogP) is 2.55. The topological polar surface area (TPSA) is 61.5 Å². The summed E-state index contributed by atoms with van der Waals surface area (Å²) >= 11 is 0. The Morgan fingerprint density at radius 3 is 2.78 bits per heavy atom. The standard InChI is InChI=1S/C14H21NO3/c1-3-4-7-17-8-9-18-14(16)12-10-11(2)5-6-13(12)15/h5-6,10H,3-4,7-9,15H2,1-2H3. The SMILES string of the molecule is CCCCOCCOC(=O)c1cc(C)ccc1N. The molecule has 0 saturated carbocycles. The van der Waals surface area contributed by atoms with Crippen LogP contribution in [0.15, 0.2) is 18.2 Å². The van der Waals surface area contributed by atoms with Crippen LogP contribution in [0.5, 0.6) is 0 Å². The van der Waals surface area contributed by atoms with Crippen LogP contribution >= 0.6 is 0 Å². The first-order chi connectivity index (χ1) is 8.65. The van der Waals surface area contributed by atoms with Crippen molar-refractivity contribution in [3.63, 3.8) is 0 Å². The Kier molecular flexibility index (Phi) is 6.22. The quantitative estimate of drug-likeness (QED) is 0.459. The van der Waals surface area contributed by atoms with Crippen LogP contribution in [0.3, 0.4) is 0 Å². The molecule has 0 fully saturated rings. The number of benzene rings is 1. The van der Waals surface area contributed by atoms with Crippen molar-refractivity contribution in [1.29, 1.82) is 0 Å². The van der Waals surface area contributed by atoms with E-state index in [9.17, 15) is 4.79 Å². The maximum atomic E-state index is 11.7. The molecule has 1 aromatic carbocycles. The number of nitrogen functional groups attached to an aromatic ring is 1. The summed E-state index contributed by atoms with van der Waals surface area (Å²) in [7, 11) is 0. The van der Waals surface area contributed by atoms with Gasteiger partial charge in [0.2, 0.25) is 0 Å². The summed E-state index contributed by atoms with van der Waals surface area (Å²) in [5.74, 6) is -0.393. The molecule has 0 atom stereocenters. The minimum absolute atomic E-state index is 0.260. The molecule has 1 aromatic rings. The van der Waals surface area contributed by atoms with Gasteiger partial charge in [0.25, 0.3) is 0 Å². The third-order valence-corrected chi connectivity index (χ3v) is 2.53. The molecular weight excluding hydrogens is 230 g/mol. The predicted molar refractivity (Wildman–Crippen MR) is 71.6 cm³/mol. The number of carbonyl (C=O) groups excluding carboxylic acids is 1. The zero-order valence-corrected chi connectivity index (χ0v) is 11.1. The molecule has 0 unspecified atom stereocenters. The third-order valence-electron chi connectivity index (χ3n) is 2.53. The highest BCUT2D eigenvalue weighted by Gasteiger charge is 2.10. The fourth-order valence-corrected chi connectivity index (χ4v) is 1.47. The van der Waals surface area contributed by atoms with E-state index in [0.717, 1.165) is 18.4 Å². The van der Waals surface area contributed by atoms with E-state index < -0.39 is 5.97 Å². The molecule has 4 nitrogen and oxygen atoms in total. The summed E-state index contributed by atoms with van der Waals surface area (Å²) in [5.41, 5.74) is 7.57. The minimum Gasteiger partial charge on any atom is -0.460 e. The number of rotatable bonds is 7. The highest BCUT2D eigenvalue weighted by atomic mass is 16.6. The summed E-state index contributed by atoms with van der Waals surface area (Å²) < 4.78 is 10.4. The van der Waals surface area contributed by atoms with Crippen molar-refractivity contribution in [2.24, 2.45) is 0 Å². The fraction of sp³-hybridized carbons (Fsp3) is 0.500. The zero-order chi connectivity index (χ0) is 13.4. The van der Waals surface area contributed by atoms with Crippen LogP contribution < -0.4 is 5.73 Å². The van der Waals surface area contributed by atoms with E-state index in [1.54, 1.807) is 12.1 Å². The highest BCUT2D eigenvalue weighted by molar-refractivity contribution is 5.95. The van der Waals surface area contributed by atoms with Crippen molar-refractivity contribution in [3.8, 4) is 0 Å². The molecule has 0 spiro atoms. The van der Waals surface area contributed by atoms with E-state index >= 15 is 0 Å². The van der Waals surface area contributed by atoms with Crippen molar-refractivity contribution in [1.82, 2.24) is 0 Å². The Balaban J connectivity index is 2.34. The van der Waals surface area contributed by atoms with Gasteiger partial charge < -0.3 is 15.2 Å². The third kappa shape index (κ3) is 4.75. The normalized spacial score (nSPS) is 10.3. The summed E-state index contributed by atoms with van der Waals surface area (Å²) in [6, 6.07) is 5.30. The summed E-state index contributed by atoms with van der Waals surface area (Å²) in [6.07, 6.45) is 2.12. The summed E-state index contributed by atoms with van der Waals surface area (Å²) in [4.78, 5) is 11.7. The van der Waals surface area contributed by atoms with Gasteiger partial charge in [-0.1, -0.05) is 25.0 Å². The zero-order valence-electron chi connectivity index (χ0n) is 11.1. The van der Waals surface area contributed by atoms with Gasteiger partial charge in [-0.15, -0.1) is 0 Å². The van der Waals surface area contributed by atoms with E-state index in [0.29, 0.717) is 24.5 Å². The number of nitrogens with two attached hydrogens (primary N) is 1. The van der Waals surface area contributed by atoms with Crippen molar-refractivity contribution in [3.05, 3.63) is 29.3 Å². The van der Waals surface area contributed by atoms with Gasteiger partial charge in [0.05, 0.1) is 12.2 Å². The minimum atomic E-state index is -0.393. The van der Waals surface area contributed by atoms with Crippen LogP contribution in [0.1, 0.15) is 35.7 Å². The van der Waals surface area contributed by atoms with E-state index in [1.165, 1.54) is 0 Å². The van der Waals surface area contributed by atoms with Gasteiger partial charge in [-0.2, -0.15) is 0 Å². The molecule has 0 aliphatic carbocycles. The smallest absolute Gasteiger partial charge is 0.340 e. The molecule has 0 aliphatic heterocycles. The fourth-order valence-electron chi connectivity index (χ4n) is 1.47. The second-order valence-electron chi connectivity index (χ2n) is 4.19. The molecule has 1 rings (SSSR count). The lowest BCUT2D eigenvalue weighted by atomic mass is 10.1. The first-order valence-electron chi connectivity index (χ1n) is 6.26. The van der Waals surface area contributed by atoms with Gasteiger partial charge in [-0.05, 0) is 25.5 Å². The maximum Gasteiger partial charge on any atom is 0.340 e. The lowest BCUT2D eigenvalue weighted by Crippen LogP contribution is -2.13. The Morgan fingerprint density at radius 1 is 1.28 bits per heavy atom. The van der Waals surface area contributed by atoms with Crippen LogP contribution in [0.2, 0.25) is 0 Å². The van der Waals surface area contributed by atoms with E-state index in [4.69, 9.17) is 15.2 Å². The molecule has 18 heavy (non-hydrogen) atoms. The number of aryl methyl sites for hydroxylation is 1. The maximum absolute atomic E-state index is 11.7. The second-order valence-corrected chi connectivity index (χ2v) is 4.19. The molecule has 0 aromatic heterocycles. The second kappa shape index (κ2) is 7.71. The van der Waals surface area contributed by atoms with Crippen molar-refractivity contribution < 1.29 is 14.3 Å². The lowest BCUT2D eigenvalue weighted by molar-refractivity contribution is 0.0315. The molecule has 0 aliphatic rings. The molecule has 2 N–H and O–H groups in total. The van der Waals surface area contributed by atoms with Crippen molar-refractivity contribution in [2.45, 2.75) is 26.7 Å². The molecule has 0 amide bonds.